The van der Waals surface area contributed by atoms with E-state index in [1.165, 1.54) is 37.1 Å². The number of alkyl halides is 3. The summed E-state index contributed by atoms with van der Waals surface area (Å²) >= 11 is 0. The van der Waals surface area contributed by atoms with Crippen LogP contribution in [-0.4, -0.2) is 18.5 Å². The molecule has 0 bridgehead atoms. The van der Waals surface area contributed by atoms with Gasteiger partial charge in [-0.2, -0.15) is 0 Å². The van der Waals surface area contributed by atoms with Crippen molar-refractivity contribution in [2.75, 3.05) is 0 Å². The zero-order valence-corrected chi connectivity index (χ0v) is 11.5. The van der Waals surface area contributed by atoms with Gasteiger partial charge in [0.2, 0.25) is 0 Å². The van der Waals surface area contributed by atoms with E-state index in [0.29, 0.717) is 5.75 Å². The van der Waals surface area contributed by atoms with Crippen LogP contribution >= 0.6 is 0 Å². The molecular weight excluding hydrogens is 283 g/mol. The molecule has 2 aliphatic rings. The minimum atomic E-state index is -4.67. The highest BCUT2D eigenvalue weighted by Gasteiger charge is 2.56. The number of hydrogen-bond donors (Lipinski definition) is 1. The molecule has 2 aliphatic carbocycles. The van der Waals surface area contributed by atoms with Crippen LogP contribution in [0.25, 0.3) is 0 Å². The maximum absolute atomic E-state index is 12.1. The second kappa shape index (κ2) is 5.09. The van der Waals surface area contributed by atoms with Crippen molar-refractivity contribution < 1.29 is 22.6 Å². The summed E-state index contributed by atoms with van der Waals surface area (Å²) in [7, 11) is 0. The predicted octanol–water partition coefficient (Wildman–Crippen LogP) is 3.62. The average Bonchev–Trinajstić information content (AvgIpc) is 2.91. The van der Waals surface area contributed by atoms with Crippen LogP contribution in [0.4, 0.5) is 13.2 Å². The maximum atomic E-state index is 12.1. The first-order chi connectivity index (χ1) is 9.89. The van der Waals surface area contributed by atoms with Crippen LogP contribution in [0.5, 0.6) is 11.5 Å². The molecule has 1 aromatic rings. The Kier molecular flexibility index (Phi) is 3.51. The van der Waals surface area contributed by atoms with Crippen LogP contribution in [0.2, 0.25) is 0 Å². The fraction of sp³-hybridized carbons (Fsp3) is 0.600. The van der Waals surface area contributed by atoms with E-state index in [-0.39, 0.29) is 23.3 Å². The summed E-state index contributed by atoms with van der Waals surface area (Å²) < 4.78 is 46.0. The van der Waals surface area contributed by atoms with Crippen molar-refractivity contribution in [3.8, 4) is 11.5 Å². The Labute approximate surface area is 121 Å². The van der Waals surface area contributed by atoms with Crippen molar-refractivity contribution in [1.82, 2.24) is 0 Å². The topological polar surface area (TPSA) is 44.5 Å². The zero-order valence-electron chi connectivity index (χ0n) is 11.5. The third-order valence-corrected chi connectivity index (χ3v) is 4.72. The largest absolute Gasteiger partial charge is 0.573 e. The van der Waals surface area contributed by atoms with Crippen LogP contribution in [0.15, 0.2) is 24.3 Å². The summed E-state index contributed by atoms with van der Waals surface area (Å²) in [5.41, 5.74) is 6.20. The molecule has 6 heteroatoms. The number of ether oxygens (including phenoxy) is 2. The zero-order chi connectivity index (χ0) is 15.1. The van der Waals surface area contributed by atoms with E-state index >= 15 is 0 Å². The van der Waals surface area contributed by atoms with Crippen LogP contribution < -0.4 is 15.2 Å². The van der Waals surface area contributed by atoms with Crippen LogP contribution in [0.1, 0.15) is 32.1 Å². The van der Waals surface area contributed by atoms with Gasteiger partial charge in [0.15, 0.2) is 0 Å². The molecule has 0 amide bonds. The third-order valence-electron chi connectivity index (χ3n) is 4.72. The molecule has 3 rings (SSSR count). The summed E-state index contributed by atoms with van der Waals surface area (Å²) in [5, 5.41) is 0. The summed E-state index contributed by atoms with van der Waals surface area (Å²) in [5.74, 6) is 0.323. The van der Waals surface area contributed by atoms with Crippen molar-refractivity contribution in [3.63, 3.8) is 0 Å². The Morgan fingerprint density at radius 2 is 1.62 bits per heavy atom. The smallest absolute Gasteiger partial charge is 0.490 e. The Morgan fingerprint density at radius 3 is 2.14 bits per heavy atom. The molecule has 0 saturated heterocycles. The number of hydrogen-bond acceptors (Lipinski definition) is 3. The molecule has 0 heterocycles. The Balaban J connectivity index is 1.63. The summed E-state index contributed by atoms with van der Waals surface area (Å²) in [6.45, 7) is 0. The van der Waals surface area contributed by atoms with E-state index in [9.17, 15) is 13.2 Å². The normalized spacial score (nSPS) is 27.4. The molecule has 116 valence electrons. The van der Waals surface area contributed by atoms with Crippen LogP contribution in [-0.2, 0) is 0 Å². The van der Waals surface area contributed by atoms with Crippen molar-refractivity contribution in [1.29, 1.82) is 0 Å². The SMILES string of the molecule is NC1CC(Oc2ccc(OC(F)(F)F)cc2)C12CCCC2. The fourth-order valence-electron chi connectivity index (χ4n) is 3.55. The van der Waals surface area contributed by atoms with Gasteiger partial charge in [0.1, 0.15) is 17.6 Å². The molecule has 3 nitrogen and oxygen atoms in total. The first-order valence-corrected chi connectivity index (χ1v) is 7.17. The molecule has 2 atom stereocenters. The predicted molar refractivity (Wildman–Crippen MR) is 71.0 cm³/mol. The highest BCUT2D eigenvalue weighted by Crippen LogP contribution is 2.53. The average molecular weight is 301 g/mol. The Morgan fingerprint density at radius 1 is 1.05 bits per heavy atom. The third kappa shape index (κ3) is 2.81. The first-order valence-electron chi connectivity index (χ1n) is 7.17. The molecule has 2 unspecified atom stereocenters. The molecule has 21 heavy (non-hydrogen) atoms. The standard InChI is InChI=1S/C15H18F3NO2/c16-15(17,18)21-11-5-3-10(4-6-11)20-13-9-12(19)14(13)7-1-2-8-14/h3-6,12-13H,1-2,7-9,19H2. The lowest BCUT2D eigenvalue weighted by atomic mass is 9.61. The quantitative estimate of drug-likeness (QED) is 0.927. The highest BCUT2D eigenvalue weighted by atomic mass is 19.4. The van der Waals surface area contributed by atoms with Crippen LogP contribution in [0.3, 0.4) is 0 Å². The van der Waals surface area contributed by atoms with Gasteiger partial charge in [-0.1, -0.05) is 12.8 Å². The first kappa shape index (κ1) is 14.5. The molecule has 0 radical (unpaired) electrons. The molecule has 2 fully saturated rings. The Bertz CT molecular complexity index is 495. The van der Waals surface area contributed by atoms with Gasteiger partial charge in [-0.25, -0.2) is 0 Å². The molecule has 1 spiro atoms. The Hall–Kier alpha value is -1.43. The molecular formula is C15H18F3NO2. The van der Waals surface area contributed by atoms with Crippen molar-refractivity contribution in [2.45, 2.75) is 50.6 Å². The van der Waals surface area contributed by atoms with Crippen molar-refractivity contribution in [3.05, 3.63) is 24.3 Å². The lowest BCUT2D eigenvalue weighted by Crippen LogP contribution is -2.62. The summed E-state index contributed by atoms with van der Waals surface area (Å²) in [6, 6.07) is 5.73. The number of nitrogens with two attached hydrogens (primary N) is 1. The lowest BCUT2D eigenvalue weighted by molar-refractivity contribution is -0.274. The van der Waals surface area contributed by atoms with Gasteiger partial charge < -0.3 is 15.2 Å². The van der Waals surface area contributed by atoms with Gasteiger partial charge in [-0.3, -0.25) is 0 Å². The summed E-state index contributed by atoms with van der Waals surface area (Å²) in [6.07, 6.45) is 0.710. The van der Waals surface area contributed by atoms with E-state index in [2.05, 4.69) is 4.74 Å². The highest BCUT2D eigenvalue weighted by molar-refractivity contribution is 5.32. The fourth-order valence-corrected chi connectivity index (χ4v) is 3.55. The van der Waals surface area contributed by atoms with E-state index in [1.54, 1.807) is 0 Å². The van der Waals surface area contributed by atoms with E-state index in [0.717, 1.165) is 19.3 Å². The molecule has 1 aromatic carbocycles. The molecule has 0 aromatic heterocycles. The van der Waals surface area contributed by atoms with Gasteiger partial charge in [0.25, 0.3) is 0 Å². The minimum absolute atomic E-state index is 0.0706. The number of halogens is 3. The van der Waals surface area contributed by atoms with Gasteiger partial charge in [-0.15, -0.1) is 13.2 Å². The van der Waals surface area contributed by atoms with E-state index in [4.69, 9.17) is 10.5 Å². The van der Waals surface area contributed by atoms with Gasteiger partial charge in [0.05, 0.1) is 0 Å². The van der Waals surface area contributed by atoms with E-state index in [1.807, 2.05) is 0 Å². The molecule has 2 saturated carbocycles. The van der Waals surface area contributed by atoms with Gasteiger partial charge in [-0.05, 0) is 37.1 Å². The lowest BCUT2D eigenvalue weighted by Gasteiger charge is -2.52. The number of rotatable bonds is 3. The van der Waals surface area contributed by atoms with Crippen LogP contribution in [0, 0.1) is 5.41 Å². The monoisotopic (exact) mass is 301 g/mol. The number of benzene rings is 1. The van der Waals surface area contributed by atoms with Crippen molar-refractivity contribution >= 4 is 0 Å². The molecule has 2 N–H and O–H groups in total. The van der Waals surface area contributed by atoms with E-state index < -0.39 is 6.36 Å². The van der Waals surface area contributed by atoms with Gasteiger partial charge >= 0.3 is 6.36 Å². The van der Waals surface area contributed by atoms with Crippen molar-refractivity contribution in [2.24, 2.45) is 11.1 Å². The minimum Gasteiger partial charge on any atom is -0.490 e. The maximum Gasteiger partial charge on any atom is 0.573 e. The summed E-state index contributed by atoms with van der Waals surface area (Å²) in [4.78, 5) is 0. The second-order valence-electron chi connectivity index (χ2n) is 5.91. The molecule has 0 aliphatic heterocycles. The second-order valence-corrected chi connectivity index (χ2v) is 5.91. The van der Waals surface area contributed by atoms with Gasteiger partial charge in [0, 0.05) is 17.9 Å².